The van der Waals surface area contributed by atoms with E-state index in [9.17, 15) is 4.79 Å². The molecule has 0 N–H and O–H groups in total. The first-order valence-corrected chi connectivity index (χ1v) is 9.08. The van der Waals surface area contributed by atoms with Crippen molar-refractivity contribution in [3.63, 3.8) is 0 Å². The van der Waals surface area contributed by atoms with E-state index in [0.29, 0.717) is 11.9 Å². The fourth-order valence-corrected chi connectivity index (χ4v) is 4.54. The van der Waals surface area contributed by atoms with Crippen LogP contribution in [0.4, 0.5) is 0 Å². The summed E-state index contributed by atoms with van der Waals surface area (Å²) in [7, 11) is 0. The van der Waals surface area contributed by atoms with Crippen LogP contribution in [0.15, 0.2) is 42.5 Å². The van der Waals surface area contributed by atoms with Gasteiger partial charge in [-0.3, -0.25) is 4.79 Å². The van der Waals surface area contributed by atoms with E-state index in [1.54, 1.807) is 0 Å². The fraction of sp³-hybridized carbons (Fsp3) is 0.409. The van der Waals surface area contributed by atoms with E-state index < -0.39 is 0 Å². The molecule has 1 aliphatic carbocycles. The molecule has 0 bridgehead atoms. The van der Waals surface area contributed by atoms with Crippen molar-refractivity contribution in [1.29, 1.82) is 0 Å². The SMILES string of the molecule is Cc1cccc(C)c1CC1CCN([C@@H]2CCc3ccccc32)C1=O. The summed E-state index contributed by atoms with van der Waals surface area (Å²) in [5.41, 5.74) is 6.79. The molecule has 0 aromatic heterocycles. The number of benzene rings is 2. The molecular weight excluding hydrogens is 294 g/mol. The van der Waals surface area contributed by atoms with E-state index in [4.69, 9.17) is 0 Å². The fourth-order valence-electron chi connectivity index (χ4n) is 4.54. The first-order valence-electron chi connectivity index (χ1n) is 9.08. The largest absolute Gasteiger partial charge is 0.335 e. The quantitative estimate of drug-likeness (QED) is 0.822. The van der Waals surface area contributed by atoms with Crippen molar-refractivity contribution < 1.29 is 4.79 Å². The van der Waals surface area contributed by atoms with Crippen LogP contribution in [0.2, 0.25) is 0 Å². The highest BCUT2D eigenvalue weighted by atomic mass is 16.2. The Hall–Kier alpha value is -2.09. The summed E-state index contributed by atoms with van der Waals surface area (Å²) >= 11 is 0. The summed E-state index contributed by atoms with van der Waals surface area (Å²) in [4.78, 5) is 15.2. The molecule has 1 amide bonds. The maximum absolute atomic E-state index is 13.1. The summed E-state index contributed by atoms with van der Waals surface area (Å²) in [6.07, 6.45) is 4.07. The number of nitrogens with zero attached hydrogens (tertiary/aromatic N) is 1. The lowest BCUT2D eigenvalue weighted by molar-refractivity contribution is -0.133. The number of fused-ring (bicyclic) bond motifs is 1. The van der Waals surface area contributed by atoms with Gasteiger partial charge in [-0.25, -0.2) is 0 Å². The normalized spacial score (nSPS) is 22.9. The Kier molecular flexibility index (Phi) is 3.91. The van der Waals surface area contributed by atoms with Gasteiger partial charge in [0.25, 0.3) is 0 Å². The monoisotopic (exact) mass is 319 g/mol. The molecule has 2 atom stereocenters. The molecule has 2 heteroatoms. The molecule has 1 aliphatic heterocycles. The van der Waals surface area contributed by atoms with Gasteiger partial charge in [0.15, 0.2) is 0 Å². The summed E-state index contributed by atoms with van der Waals surface area (Å²) in [6.45, 7) is 5.23. The third-order valence-electron chi connectivity index (χ3n) is 5.92. The smallest absolute Gasteiger partial charge is 0.226 e. The minimum Gasteiger partial charge on any atom is -0.335 e. The lowest BCUT2D eigenvalue weighted by Crippen LogP contribution is -2.31. The maximum Gasteiger partial charge on any atom is 0.226 e. The molecule has 1 saturated heterocycles. The lowest BCUT2D eigenvalue weighted by atomic mass is 9.92. The number of rotatable bonds is 3. The topological polar surface area (TPSA) is 20.3 Å². The van der Waals surface area contributed by atoms with Gasteiger partial charge in [-0.2, -0.15) is 0 Å². The first-order chi connectivity index (χ1) is 11.6. The molecule has 0 radical (unpaired) electrons. The molecule has 4 rings (SSSR count). The second-order valence-electron chi connectivity index (χ2n) is 7.35. The molecule has 0 spiro atoms. The standard InChI is InChI=1S/C22H25NO/c1-15-6-5-7-16(2)20(15)14-18-12-13-23(22(18)24)21-11-10-17-8-3-4-9-19(17)21/h3-9,18,21H,10-14H2,1-2H3/t18?,21-/m1/s1. The molecule has 24 heavy (non-hydrogen) atoms. The van der Waals surface area contributed by atoms with Crippen molar-refractivity contribution in [2.24, 2.45) is 5.92 Å². The Labute approximate surface area is 144 Å². The zero-order valence-corrected chi connectivity index (χ0v) is 14.6. The third kappa shape index (κ3) is 2.54. The van der Waals surface area contributed by atoms with Crippen molar-refractivity contribution >= 4 is 5.91 Å². The second kappa shape index (κ2) is 6.08. The predicted octanol–water partition coefficient (Wildman–Crippen LogP) is 4.38. The minimum absolute atomic E-state index is 0.151. The van der Waals surface area contributed by atoms with Gasteiger partial charge in [-0.05, 0) is 67.3 Å². The zero-order valence-electron chi connectivity index (χ0n) is 14.6. The molecule has 1 heterocycles. The van der Waals surface area contributed by atoms with Crippen LogP contribution < -0.4 is 0 Å². The van der Waals surface area contributed by atoms with Crippen LogP contribution in [-0.2, 0) is 17.6 Å². The Bertz CT molecular complexity index is 759. The Morgan fingerprint density at radius 2 is 1.75 bits per heavy atom. The van der Waals surface area contributed by atoms with Crippen LogP contribution in [0.1, 0.15) is 46.7 Å². The number of hydrogen-bond acceptors (Lipinski definition) is 1. The van der Waals surface area contributed by atoms with Crippen LogP contribution in [0.3, 0.4) is 0 Å². The number of carbonyl (C=O) groups excluding carboxylic acids is 1. The maximum atomic E-state index is 13.1. The molecule has 1 fully saturated rings. The van der Waals surface area contributed by atoms with E-state index in [-0.39, 0.29) is 5.92 Å². The summed E-state index contributed by atoms with van der Waals surface area (Å²) in [6, 6.07) is 15.4. The summed E-state index contributed by atoms with van der Waals surface area (Å²) < 4.78 is 0. The van der Waals surface area contributed by atoms with E-state index in [1.807, 2.05) is 0 Å². The molecule has 124 valence electrons. The van der Waals surface area contributed by atoms with Crippen molar-refractivity contribution in [2.75, 3.05) is 6.54 Å². The van der Waals surface area contributed by atoms with Crippen LogP contribution in [0.25, 0.3) is 0 Å². The van der Waals surface area contributed by atoms with Gasteiger partial charge in [0, 0.05) is 12.5 Å². The van der Waals surface area contributed by atoms with Crippen molar-refractivity contribution in [1.82, 2.24) is 4.90 Å². The number of aryl methyl sites for hydroxylation is 3. The molecule has 0 saturated carbocycles. The predicted molar refractivity (Wildman–Crippen MR) is 96.9 cm³/mol. The van der Waals surface area contributed by atoms with E-state index in [1.165, 1.54) is 27.8 Å². The average molecular weight is 319 g/mol. The van der Waals surface area contributed by atoms with E-state index in [2.05, 4.69) is 61.2 Å². The van der Waals surface area contributed by atoms with Crippen LogP contribution >= 0.6 is 0 Å². The third-order valence-corrected chi connectivity index (χ3v) is 5.92. The number of likely N-dealkylation sites (tertiary alicyclic amines) is 1. The molecule has 2 nitrogen and oxygen atoms in total. The van der Waals surface area contributed by atoms with Gasteiger partial charge in [-0.1, -0.05) is 42.5 Å². The highest BCUT2D eigenvalue weighted by Crippen LogP contribution is 2.39. The van der Waals surface area contributed by atoms with Gasteiger partial charge in [0.2, 0.25) is 5.91 Å². The van der Waals surface area contributed by atoms with Gasteiger partial charge < -0.3 is 4.90 Å². The van der Waals surface area contributed by atoms with Crippen LogP contribution in [-0.4, -0.2) is 17.4 Å². The Morgan fingerprint density at radius 1 is 1.00 bits per heavy atom. The first kappa shape index (κ1) is 15.4. The minimum atomic E-state index is 0.151. The van der Waals surface area contributed by atoms with Gasteiger partial charge in [0.05, 0.1) is 6.04 Å². The zero-order chi connectivity index (χ0) is 16.7. The van der Waals surface area contributed by atoms with Gasteiger partial charge >= 0.3 is 0 Å². The lowest BCUT2D eigenvalue weighted by Gasteiger charge is -2.25. The molecular formula is C22H25NO. The van der Waals surface area contributed by atoms with Crippen molar-refractivity contribution in [3.05, 3.63) is 70.3 Å². The second-order valence-corrected chi connectivity index (χ2v) is 7.35. The number of hydrogen-bond donors (Lipinski definition) is 0. The number of carbonyl (C=O) groups is 1. The van der Waals surface area contributed by atoms with Gasteiger partial charge in [-0.15, -0.1) is 0 Å². The van der Waals surface area contributed by atoms with Crippen molar-refractivity contribution in [2.45, 2.75) is 45.6 Å². The van der Waals surface area contributed by atoms with Crippen LogP contribution in [0, 0.1) is 19.8 Å². The Morgan fingerprint density at radius 3 is 2.54 bits per heavy atom. The van der Waals surface area contributed by atoms with Crippen LogP contribution in [0.5, 0.6) is 0 Å². The van der Waals surface area contributed by atoms with E-state index >= 15 is 0 Å². The highest BCUT2D eigenvalue weighted by Gasteiger charge is 2.38. The molecule has 2 aromatic carbocycles. The molecule has 2 aromatic rings. The molecule has 2 aliphatic rings. The summed E-state index contributed by atoms with van der Waals surface area (Å²) in [5.74, 6) is 0.511. The van der Waals surface area contributed by atoms with Crippen molar-refractivity contribution in [3.8, 4) is 0 Å². The Balaban J connectivity index is 1.53. The summed E-state index contributed by atoms with van der Waals surface area (Å²) in [5, 5.41) is 0. The van der Waals surface area contributed by atoms with Gasteiger partial charge in [0.1, 0.15) is 0 Å². The highest BCUT2D eigenvalue weighted by molar-refractivity contribution is 5.82. The average Bonchev–Trinajstić information content (AvgIpc) is 3.15. The molecule has 1 unspecified atom stereocenters. The number of amides is 1. The van der Waals surface area contributed by atoms with E-state index in [0.717, 1.165) is 32.2 Å².